The van der Waals surface area contributed by atoms with Crippen LogP contribution in [0.1, 0.15) is 6.92 Å². The van der Waals surface area contributed by atoms with E-state index in [1.807, 2.05) is 0 Å². The van der Waals surface area contributed by atoms with Crippen molar-refractivity contribution in [3.8, 4) is 0 Å². The van der Waals surface area contributed by atoms with Gasteiger partial charge in [0, 0.05) is 5.97 Å². The van der Waals surface area contributed by atoms with Crippen molar-refractivity contribution in [2.75, 3.05) is 0 Å². The molecule has 0 saturated carbocycles. The zero-order valence-corrected chi connectivity index (χ0v) is 8.15. The van der Waals surface area contributed by atoms with Crippen LogP contribution in [0.5, 0.6) is 0 Å². The third-order valence-electron chi connectivity index (χ3n) is 0. The zero-order valence-electron chi connectivity index (χ0n) is 5.03. The first-order valence-electron chi connectivity index (χ1n) is 1.47. The van der Waals surface area contributed by atoms with Crippen molar-refractivity contribution in [2.45, 2.75) is 6.92 Å². The molecule has 0 spiro atoms. The predicted octanol–water partition coefficient (Wildman–Crippen LogP) is -4.59. The summed E-state index contributed by atoms with van der Waals surface area (Å²) in [7, 11) is 0. The Morgan fingerprint density at radius 1 is 1.67 bits per heavy atom. The van der Waals surface area contributed by atoms with Crippen molar-refractivity contribution >= 4 is 5.97 Å². The molecule has 0 aromatic carbocycles. The summed E-state index contributed by atoms with van der Waals surface area (Å²) in [4.78, 5) is 17.2. The number of carbonyl (C=O) groups is 1. The summed E-state index contributed by atoms with van der Waals surface area (Å²) in [5, 5.41) is 22.5. The monoisotopic (exact) mass is 161 g/mol. The second-order valence-corrected chi connectivity index (χ2v) is 0.729. The average molecular weight is 161 g/mol. The van der Waals surface area contributed by atoms with Crippen LogP contribution in [0.3, 0.4) is 0 Å². The molecule has 0 aliphatic carbocycles. The molecule has 0 fully saturated rings. The molecule has 0 aliphatic rings. The fourth-order valence-electron chi connectivity index (χ4n) is 0. The molecule has 0 amide bonds. The van der Waals surface area contributed by atoms with Crippen LogP contribution in [-0.2, 0) is 4.79 Å². The van der Waals surface area contributed by atoms with Crippen molar-refractivity contribution in [3.63, 3.8) is 0 Å². The number of hydrogen-bond acceptors (Lipinski definition) is 4. The summed E-state index contributed by atoms with van der Waals surface area (Å²) < 4.78 is 0. The Morgan fingerprint density at radius 2 is 1.67 bits per heavy atom. The summed E-state index contributed by atoms with van der Waals surface area (Å²) in [6.45, 7) is 0.972. The average Bonchev–Trinajstić information content (AvgIpc) is 1.25. The third kappa shape index (κ3) is 3520. The molecule has 0 atom stereocenters. The molecule has 0 bridgehead atoms. The maximum absolute atomic E-state index is 8.89. The molecule has 0 saturated heterocycles. The van der Waals surface area contributed by atoms with Crippen molar-refractivity contribution in [2.24, 2.45) is 0 Å². The molecule has 9 heavy (non-hydrogen) atoms. The summed E-state index contributed by atoms with van der Waals surface area (Å²) >= 11 is 0. The van der Waals surface area contributed by atoms with Crippen LogP contribution in [0.4, 0.5) is 0 Å². The molecule has 6 nitrogen and oxygen atoms in total. The topological polar surface area (TPSA) is 104 Å². The largest absolute Gasteiger partial charge is 1.00 e. The molecule has 1 N–H and O–H groups in total. The van der Waals surface area contributed by atoms with Crippen LogP contribution in [-0.4, -0.2) is 16.3 Å². The normalized spacial score (nSPS) is 5.44. The minimum Gasteiger partial charge on any atom is -0.550 e. The van der Waals surface area contributed by atoms with Crippen LogP contribution in [0.25, 0.3) is 0 Å². The molecule has 0 unspecified atom stereocenters. The Hall–Kier alpha value is 0.306. The van der Waals surface area contributed by atoms with Gasteiger partial charge in [0.1, 0.15) is 0 Å². The number of nitrogens with zero attached hydrogens (tertiary/aromatic N) is 1. The van der Waals surface area contributed by atoms with Crippen LogP contribution >= 0.6 is 0 Å². The first kappa shape index (κ1) is 16.1. The molecule has 0 aliphatic heterocycles. The van der Waals surface area contributed by atoms with Gasteiger partial charge in [-0.25, -0.2) is 0 Å². The second-order valence-electron chi connectivity index (χ2n) is 0.729. The molecular weight excluding hydrogens is 157 g/mol. The van der Waals surface area contributed by atoms with E-state index in [-0.39, 0.29) is 51.4 Å². The number of carbonyl (C=O) groups excluding carboxylic acids is 1. The van der Waals surface area contributed by atoms with Crippen LogP contribution in [0.15, 0.2) is 0 Å². The van der Waals surface area contributed by atoms with Crippen LogP contribution in [0.2, 0.25) is 0 Å². The third-order valence-corrected chi connectivity index (χ3v) is 0. The van der Waals surface area contributed by atoms with Gasteiger partial charge in [-0.2, -0.15) is 0 Å². The van der Waals surface area contributed by atoms with Crippen molar-refractivity contribution < 1.29 is 71.6 Å². The van der Waals surface area contributed by atoms with Gasteiger partial charge in [-0.15, -0.1) is 10.1 Å². The zero-order chi connectivity index (χ0) is 7.15. The quantitative estimate of drug-likeness (QED) is 0.219. The minimum absolute atomic E-state index is 0. The van der Waals surface area contributed by atoms with Crippen molar-refractivity contribution in [1.29, 1.82) is 0 Å². The van der Waals surface area contributed by atoms with Gasteiger partial charge in [0.25, 0.3) is 5.09 Å². The molecule has 7 heteroatoms. The van der Waals surface area contributed by atoms with Crippen LogP contribution in [0, 0.1) is 10.1 Å². The molecule has 48 valence electrons. The summed E-state index contributed by atoms with van der Waals surface area (Å²) in [5.41, 5.74) is 0. The number of rotatable bonds is 0. The van der Waals surface area contributed by atoms with Gasteiger partial charge >= 0.3 is 51.4 Å². The van der Waals surface area contributed by atoms with Gasteiger partial charge < -0.3 is 15.1 Å². The molecule has 0 heterocycles. The summed E-state index contributed by atoms with van der Waals surface area (Å²) in [6, 6.07) is 0. The van der Waals surface area contributed by atoms with E-state index in [0.29, 0.717) is 0 Å². The first-order valence-corrected chi connectivity index (χ1v) is 1.47. The maximum Gasteiger partial charge on any atom is 1.00 e. The van der Waals surface area contributed by atoms with Crippen LogP contribution < -0.4 is 56.5 Å². The number of carboxylic acids is 1. The van der Waals surface area contributed by atoms with E-state index in [1.54, 1.807) is 0 Å². The van der Waals surface area contributed by atoms with E-state index in [0.717, 1.165) is 6.92 Å². The van der Waals surface area contributed by atoms with Crippen molar-refractivity contribution in [1.82, 2.24) is 0 Å². The number of hydrogen-bond donors (Lipinski definition) is 1. The SMILES string of the molecule is CC(=O)[O-].O=[N+]([O-])O.[K+]. The van der Waals surface area contributed by atoms with Gasteiger partial charge in [-0.1, -0.05) is 0 Å². The molecule has 0 aromatic heterocycles. The summed E-state index contributed by atoms with van der Waals surface area (Å²) in [6.07, 6.45) is 0. The minimum atomic E-state index is -1.50. The van der Waals surface area contributed by atoms with E-state index in [4.69, 9.17) is 25.2 Å². The smallest absolute Gasteiger partial charge is 0.550 e. The Morgan fingerprint density at radius 3 is 1.67 bits per heavy atom. The Balaban J connectivity index is -0.0000000720. The fraction of sp³-hybridized carbons (Fsp3) is 0.500. The standard InChI is InChI=1S/C2H4O2.K.HNO3/c1-2(3)4;;2-1(3)4/h1H3,(H,3,4);;(H,2,3,4)/q;+1;/p-1. The van der Waals surface area contributed by atoms with E-state index in [9.17, 15) is 0 Å². The van der Waals surface area contributed by atoms with Gasteiger partial charge in [0.15, 0.2) is 0 Å². The molecule has 0 rings (SSSR count). The van der Waals surface area contributed by atoms with E-state index >= 15 is 0 Å². The Bertz CT molecular complexity index is 73.0. The fourth-order valence-corrected chi connectivity index (χ4v) is 0. The van der Waals surface area contributed by atoms with E-state index < -0.39 is 11.1 Å². The molecular formula is C2H4KNO5. The summed E-state index contributed by atoms with van der Waals surface area (Å²) in [5.74, 6) is -1.08. The second kappa shape index (κ2) is 11.1. The number of carboxylic acid groups (broad SMARTS) is 1. The Kier molecular flexibility index (Phi) is 20.0. The maximum atomic E-state index is 8.89. The van der Waals surface area contributed by atoms with Gasteiger partial charge in [-0.05, 0) is 6.92 Å². The first-order chi connectivity index (χ1) is 3.46. The van der Waals surface area contributed by atoms with Gasteiger partial charge in [0.2, 0.25) is 0 Å². The van der Waals surface area contributed by atoms with E-state index in [1.165, 1.54) is 0 Å². The van der Waals surface area contributed by atoms with E-state index in [2.05, 4.69) is 0 Å². The molecule has 0 radical (unpaired) electrons. The van der Waals surface area contributed by atoms with Gasteiger partial charge in [0.05, 0.1) is 0 Å². The number of aliphatic carboxylic acids is 1. The Labute approximate surface area is 93.4 Å². The van der Waals surface area contributed by atoms with Gasteiger partial charge in [-0.3, -0.25) is 0 Å². The predicted molar refractivity (Wildman–Crippen MR) is 19.5 cm³/mol. The van der Waals surface area contributed by atoms with Crippen molar-refractivity contribution in [3.05, 3.63) is 10.1 Å². The molecule has 0 aromatic rings.